The van der Waals surface area contributed by atoms with E-state index in [9.17, 15) is 0 Å². The third-order valence-electron chi connectivity index (χ3n) is 4.95. The summed E-state index contributed by atoms with van der Waals surface area (Å²) in [5.41, 5.74) is 0. The Balaban J connectivity index is 1.69. The van der Waals surface area contributed by atoms with Gasteiger partial charge in [-0.1, -0.05) is 20.8 Å². The summed E-state index contributed by atoms with van der Waals surface area (Å²) in [6.45, 7) is 9.03. The third kappa shape index (κ3) is 4.44. The van der Waals surface area contributed by atoms with Crippen LogP contribution in [0.1, 0.15) is 46.3 Å². The van der Waals surface area contributed by atoms with Crippen molar-refractivity contribution in [3.63, 3.8) is 0 Å². The van der Waals surface area contributed by atoms with Crippen LogP contribution in [-0.4, -0.2) is 26.6 Å². The zero-order valence-electron chi connectivity index (χ0n) is 13.9. The first-order chi connectivity index (χ1) is 10.1. The molecule has 0 radical (unpaired) electrons. The molecule has 1 aromatic heterocycles. The largest absolute Gasteiger partial charge is 0.469 e. The lowest BCUT2D eigenvalue weighted by atomic mass is 10.1. The maximum absolute atomic E-state index is 6.49. The molecule has 0 N–H and O–H groups in total. The molecule has 0 aliphatic carbocycles. The fourth-order valence-electron chi connectivity index (χ4n) is 3.20. The Morgan fingerprint density at radius 3 is 2.52 bits per heavy atom. The van der Waals surface area contributed by atoms with Crippen molar-refractivity contribution in [1.29, 1.82) is 0 Å². The quantitative estimate of drug-likeness (QED) is 0.461. The van der Waals surface area contributed by atoms with Crippen molar-refractivity contribution < 1.29 is 13.6 Å². The molecule has 1 aliphatic rings. The van der Waals surface area contributed by atoms with Crippen molar-refractivity contribution in [1.82, 2.24) is 0 Å². The molecule has 120 valence electrons. The van der Waals surface area contributed by atoms with E-state index in [4.69, 9.17) is 13.6 Å². The highest BCUT2D eigenvalue weighted by atomic mass is 28.4. The lowest BCUT2D eigenvalue weighted by molar-refractivity contribution is 0.163. The van der Waals surface area contributed by atoms with Crippen molar-refractivity contribution in [3.8, 4) is 0 Å². The predicted molar refractivity (Wildman–Crippen MR) is 88.1 cm³/mol. The minimum atomic E-state index is -1.50. The van der Waals surface area contributed by atoms with Gasteiger partial charge >= 0.3 is 0 Å². The highest BCUT2D eigenvalue weighted by Gasteiger charge is 2.45. The predicted octanol–water partition coefficient (Wildman–Crippen LogP) is 4.78. The van der Waals surface area contributed by atoms with Crippen LogP contribution in [0.4, 0.5) is 0 Å². The Kier molecular flexibility index (Phi) is 6.08. The van der Waals surface area contributed by atoms with Gasteiger partial charge in [0.15, 0.2) is 8.32 Å². The average molecular weight is 311 g/mol. The van der Waals surface area contributed by atoms with E-state index >= 15 is 0 Å². The first kappa shape index (κ1) is 16.8. The average Bonchev–Trinajstić information content (AvgIpc) is 3.09. The van der Waals surface area contributed by atoms with Gasteiger partial charge in [0.1, 0.15) is 11.9 Å². The molecular weight excluding hydrogens is 280 g/mol. The number of ether oxygens (including phenoxy) is 1. The lowest BCUT2D eigenvalue weighted by Gasteiger charge is -2.31. The number of hydrogen-bond donors (Lipinski definition) is 0. The van der Waals surface area contributed by atoms with Crippen molar-refractivity contribution >= 4 is 8.32 Å². The van der Waals surface area contributed by atoms with E-state index in [0.717, 1.165) is 25.0 Å². The van der Waals surface area contributed by atoms with Crippen LogP contribution in [0.5, 0.6) is 0 Å². The van der Waals surface area contributed by atoms with Gasteiger partial charge in [0.25, 0.3) is 0 Å². The van der Waals surface area contributed by atoms with Crippen molar-refractivity contribution in [2.75, 3.05) is 0 Å². The summed E-state index contributed by atoms with van der Waals surface area (Å²) in [4.78, 5) is 0. The molecule has 2 heterocycles. The fourth-order valence-corrected chi connectivity index (χ4v) is 6.12. The molecule has 1 fully saturated rings. The van der Waals surface area contributed by atoms with Gasteiger partial charge in [0.05, 0.1) is 18.5 Å². The SMILES string of the molecule is CC[Si](CC)(CC)OC(C)[C@H]1O[C@@H]1CCCc1ccco1. The molecule has 0 spiro atoms. The van der Waals surface area contributed by atoms with E-state index < -0.39 is 8.32 Å². The Labute approximate surface area is 130 Å². The summed E-state index contributed by atoms with van der Waals surface area (Å²) in [5.74, 6) is 1.07. The van der Waals surface area contributed by atoms with Gasteiger partial charge in [-0.25, -0.2) is 0 Å². The Bertz CT molecular complexity index is 392. The van der Waals surface area contributed by atoms with E-state index in [1.807, 2.05) is 12.1 Å². The van der Waals surface area contributed by atoms with Gasteiger partial charge in [0.2, 0.25) is 0 Å². The summed E-state index contributed by atoms with van der Waals surface area (Å²) >= 11 is 0. The number of rotatable bonds is 10. The van der Waals surface area contributed by atoms with Crippen LogP contribution >= 0.6 is 0 Å². The van der Waals surface area contributed by atoms with Crippen molar-refractivity contribution in [2.24, 2.45) is 0 Å². The Morgan fingerprint density at radius 2 is 1.95 bits per heavy atom. The van der Waals surface area contributed by atoms with E-state index in [-0.39, 0.29) is 6.10 Å². The van der Waals surface area contributed by atoms with Crippen LogP contribution in [0.25, 0.3) is 0 Å². The second kappa shape index (κ2) is 7.61. The van der Waals surface area contributed by atoms with E-state index in [1.54, 1.807) is 6.26 Å². The zero-order valence-corrected chi connectivity index (χ0v) is 14.9. The summed E-state index contributed by atoms with van der Waals surface area (Å²) in [5, 5.41) is 0. The fraction of sp³-hybridized carbons (Fsp3) is 0.765. The van der Waals surface area contributed by atoms with Crippen LogP contribution in [-0.2, 0) is 15.6 Å². The van der Waals surface area contributed by atoms with Crippen LogP contribution < -0.4 is 0 Å². The number of hydrogen-bond acceptors (Lipinski definition) is 3. The lowest BCUT2D eigenvalue weighted by Crippen LogP contribution is -2.41. The first-order valence-corrected chi connectivity index (χ1v) is 11.0. The van der Waals surface area contributed by atoms with Crippen LogP contribution in [0.15, 0.2) is 22.8 Å². The molecular formula is C17H30O3Si. The number of furan rings is 1. The first-order valence-electron chi connectivity index (χ1n) is 8.49. The number of aryl methyl sites for hydroxylation is 1. The van der Waals surface area contributed by atoms with Crippen molar-refractivity contribution in [3.05, 3.63) is 24.2 Å². The monoisotopic (exact) mass is 310 g/mol. The van der Waals surface area contributed by atoms with Gasteiger partial charge in [0, 0.05) is 6.42 Å². The molecule has 4 heteroatoms. The molecule has 2 rings (SSSR count). The smallest absolute Gasteiger partial charge is 0.192 e. The minimum Gasteiger partial charge on any atom is -0.469 e. The van der Waals surface area contributed by atoms with Gasteiger partial charge in [-0.2, -0.15) is 0 Å². The van der Waals surface area contributed by atoms with Gasteiger partial charge in [-0.3, -0.25) is 0 Å². The molecule has 3 nitrogen and oxygen atoms in total. The molecule has 0 bridgehead atoms. The number of epoxide rings is 1. The molecule has 0 aromatic carbocycles. The highest BCUT2D eigenvalue weighted by molar-refractivity contribution is 6.73. The van der Waals surface area contributed by atoms with Gasteiger partial charge in [-0.05, 0) is 50.0 Å². The maximum Gasteiger partial charge on any atom is 0.192 e. The summed E-state index contributed by atoms with van der Waals surface area (Å²) in [6.07, 6.45) is 5.95. The van der Waals surface area contributed by atoms with E-state index in [0.29, 0.717) is 12.2 Å². The molecule has 1 saturated heterocycles. The zero-order chi connectivity index (χ0) is 15.3. The molecule has 1 unspecified atom stereocenters. The normalized spacial score (nSPS) is 23.2. The topological polar surface area (TPSA) is 34.9 Å². The standard InChI is InChI=1S/C17H30O3Si/c1-5-21(6-2,7-3)20-14(4)17-16(19-17)12-8-10-15-11-9-13-18-15/h9,11,13-14,16-17H,5-8,10,12H2,1-4H3/t14?,16-,17-/m1/s1. The van der Waals surface area contributed by atoms with E-state index in [2.05, 4.69) is 27.7 Å². The summed E-state index contributed by atoms with van der Waals surface area (Å²) in [7, 11) is -1.50. The molecule has 0 amide bonds. The van der Waals surface area contributed by atoms with Crippen LogP contribution in [0.3, 0.4) is 0 Å². The summed E-state index contributed by atoms with van der Waals surface area (Å²) in [6, 6.07) is 7.62. The molecule has 21 heavy (non-hydrogen) atoms. The van der Waals surface area contributed by atoms with E-state index in [1.165, 1.54) is 18.1 Å². The molecule has 1 aliphatic heterocycles. The van der Waals surface area contributed by atoms with Gasteiger partial charge < -0.3 is 13.6 Å². The molecule has 1 aromatic rings. The Hall–Kier alpha value is -0.583. The highest BCUT2D eigenvalue weighted by Crippen LogP contribution is 2.34. The Morgan fingerprint density at radius 1 is 1.24 bits per heavy atom. The third-order valence-corrected chi connectivity index (χ3v) is 9.68. The van der Waals surface area contributed by atoms with Crippen LogP contribution in [0.2, 0.25) is 18.1 Å². The van der Waals surface area contributed by atoms with Crippen molar-refractivity contribution in [2.45, 2.75) is 83.4 Å². The second-order valence-corrected chi connectivity index (χ2v) is 10.9. The maximum atomic E-state index is 6.49. The summed E-state index contributed by atoms with van der Waals surface area (Å²) < 4.78 is 17.7. The van der Waals surface area contributed by atoms with Crippen LogP contribution in [0, 0.1) is 0 Å². The minimum absolute atomic E-state index is 0.255. The second-order valence-electron chi connectivity index (χ2n) is 6.18. The molecule has 3 atom stereocenters. The molecule has 0 saturated carbocycles. The van der Waals surface area contributed by atoms with Gasteiger partial charge in [-0.15, -0.1) is 0 Å².